The summed E-state index contributed by atoms with van der Waals surface area (Å²) >= 11 is 0. The number of rotatable bonds is 9. The fourth-order valence-corrected chi connectivity index (χ4v) is 3.16. The number of hydrogen-bond donors (Lipinski definition) is 1. The van der Waals surface area contributed by atoms with Gasteiger partial charge >= 0.3 is 0 Å². The fraction of sp³-hybridized carbons (Fsp3) is 0.571. The number of nitrogens with zero attached hydrogens (tertiary/aromatic N) is 1. The van der Waals surface area contributed by atoms with Gasteiger partial charge < -0.3 is 15.4 Å². The van der Waals surface area contributed by atoms with Crippen molar-refractivity contribution in [2.75, 3.05) is 39.6 Å². The van der Waals surface area contributed by atoms with Crippen LogP contribution in [0.1, 0.15) is 12.0 Å². The topological polar surface area (TPSA) is 72.6 Å². The molecule has 0 amide bonds. The molecule has 0 aromatic heterocycles. The Bertz CT molecular complexity index is 486. The van der Waals surface area contributed by atoms with E-state index >= 15 is 0 Å². The number of methoxy groups -OCH3 is 1. The summed E-state index contributed by atoms with van der Waals surface area (Å²) in [5.74, 6) is 0.123. The van der Waals surface area contributed by atoms with Gasteiger partial charge in [0.25, 0.3) is 0 Å². The van der Waals surface area contributed by atoms with Gasteiger partial charge in [-0.25, -0.2) is 8.42 Å². The molecule has 1 rings (SSSR count). The molecule has 2 N–H and O–H groups in total. The summed E-state index contributed by atoms with van der Waals surface area (Å²) in [6, 6.07) is 6.77. The molecule has 0 saturated heterocycles. The van der Waals surface area contributed by atoms with Gasteiger partial charge in [-0.05, 0) is 31.2 Å². The van der Waals surface area contributed by atoms with Crippen LogP contribution in [0.5, 0.6) is 0 Å². The largest absolute Gasteiger partial charge is 0.385 e. The number of benzene rings is 1. The van der Waals surface area contributed by atoms with Crippen molar-refractivity contribution in [1.29, 1.82) is 0 Å². The molecule has 114 valence electrons. The van der Waals surface area contributed by atoms with E-state index in [9.17, 15) is 8.42 Å². The lowest BCUT2D eigenvalue weighted by molar-refractivity contribution is 0.181. The van der Waals surface area contributed by atoms with Crippen LogP contribution in [0.15, 0.2) is 29.2 Å². The van der Waals surface area contributed by atoms with Gasteiger partial charge in [-0.2, -0.15) is 0 Å². The minimum absolute atomic E-state index is 0.123. The second kappa shape index (κ2) is 8.36. The Kier molecular flexibility index (Phi) is 7.15. The molecule has 0 saturated carbocycles. The highest BCUT2D eigenvalue weighted by molar-refractivity contribution is 7.91. The predicted molar refractivity (Wildman–Crippen MR) is 80.4 cm³/mol. The molecule has 0 unspecified atom stereocenters. The van der Waals surface area contributed by atoms with E-state index in [2.05, 4.69) is 0 Å². The van der Waals surface area contributed by atoms with Crippen molar-refractivity contribution in [3.05, 3.63) is 29.8 Å². The molecule has 6 heteroatoms. The first-order valence-corrected chi connectivity index (χ1v) is 8.34. The van der Waals surface area contributed by atoms with Crippen LogP contribution in [0.4, 0.5) is 0 Å². The Morgan fingerprint density at radius 3 is 2.40 bits per heavy atom. The Morgan fingerprint density at radius 2 is 1.85 bits per heavy atom. The van der Waals surface area contributed by atoms with Crippen LogP contribution in [0.25, 0.3) is 0 Å². The second-order valence-corrected chi connectivity index (χ2v) is 6.93. The molecule has 1 aromatic carbocycles. The molecule has 0 radical (unpaired) electrons. The van der Waals surface area contributed by atoms with Crippen LogP contribution < -0.4 is 5.73 Å². The van der Waals surface area contributed by atoms with Gasteiger partial charge in [0.1, 0.15) is 0 Å². The maximum Gasteiger partial charge on any atom is 0.179 e. The number of hydrogen-bond acceptors (Lipinski definition) is 5. The maximum absolute atomic E-state index is 12.2. The smallest absolute Gasteiger partial charge is 0.179 e. The van der Waals surface area contributed by atoms with Gasteiger partial charge in [-0.15, -0.1) is 0 Å². The molecule has 20 heavy (non-hydrogen) atoms. The van der Waals surface area contributed by atoms with Crippen molar-refractivity contribution < 1.29 is 13.2 Å². The second-order valence-electron chi connectivity index (χ2n) is 4.82. The van der Waals surface area contributed by atoms with Gasteiger partial charge in [-0.3, -0.25) is 0 Å². The van der Waals surface area contributed by atoms with E-state index in [0.717, 1.165) is 18.5 Å². The molecule has 0 aliphatic heterocycles. The Labute approximate surface area is 121 Å². The molecule has 0 aliphatic rings. The summed E-state index contributed by atoms with van der Waals surface area (Å²) in [5.41, 5.74) is 6.43. The number of ether oxygens (including phenoxy) is 1. The van der Waals surface area contributed by atoms with E-state index in [1.54, 1.807) is 31.4 Å². The van der Waals surface area contributed by atoms with E-state index in [0.29, 0.717) is 24.6 Å². The molecule has 0 heterocycles. The third kappa shape index (κ3) is 5.58. The fourth-order valence-electron chi connectivity index (χ4n) is 1.82. The summed E-state index contributed by atoms with van der Waals surface area (Å²) < 4.78 is 29.3. The number of nitrogens with two attached hydrogens (primary N) is 1. The van der Waals surface area contributed by atoms with Crippen LogP contribution in [0, 0.1) is 0 Å². The maximum atomic E-state index is 12.2. The Hall–Kier alpha value is -0.950. The SMILES string of the molecule is COCCCN(C)CCS(=O)(=O)c1ccc(CN)cc1. The monoisotopic (exact) mass is 300 g/mol. The Balaban J connectivity index is 2.52. The van der Waals surface area contributed by atoms with Crippen molar-refractivity contribution in [2.45, 2.75) is 17.9 Å². The standard InChI is InChI=1S/C14H24N2O3S/c1-16(8-3-10-19-2)9-11-20(17,18)14-6-4-13(12-15)5-7-14/h4-7H,3,8-12,15H2,1-2H3. The van der Waals surface area contributed by atoms with E-state index in [1.165, 1.54) is 0 Å². The predicted octanol–water partition coefficient (Wildman–Crippen LogP) is 0.887. The van der Waals surface area contributed by atoms with Crippen LogP contribution in [0.2, 0.25) is 0 Å². The zero-order chi connectivity index (χ0) is 15.0. The van der Waals surface area contributed by atoms with Crippen molar-refractivity contribution in [3.8, 4) is 0 Å². The van der Waals surface area contributed by atoms with Crippen LogP contribution in [0.3, 0.4) is 0 Å². The number of sulfone groups is 1. The third-order valence-corrected chi connectivity index (χ3v) is 4.86. The lowest BCUT2D eigenvalue weighted by atomic mass is 10.2. The first kappa shape index (κ1) is 17.1. The van der Waals surface area contributed by atoms with E-state index in [-0.39, 0.29) is 5.75 Å². The van der Waals surface area contributed by atoms with E-state index in [4.69, 9.17) is 10.5 Å². The zero-order valence-electron chi connectivity index (χ0n) is 12.2. The minimum Gasteiger partial charge on any atom is -0.385 e. The molecule has 0 atom stereocenters. The normalized spacial score (nSPS) is 12.0. The Morgan fingerprint density at radius 1 is 1.20 bits per heavy atom. The van der Waals surface area contributed by atoms with E-state index in [1.807, 2.05) is 11.9 Å². The highest BCUT2D eigenvalue weighted by Crippen LogP contribution is 2.12. The summed E-state index contributed by atoms with van der Waals surface area (Å²) in [4.78, 5) is 2.37. The van der Waals surface area contributed by atoms with Gasteiger partial charge in [0, 0.05) is 33.4 Å². The van der Waals surface area contributed by atoms with Gasteiger partial charge in [0.05, 0.1) is 10.6 Å². The molecular weight excluding hydrogens is 276 g/mol. The van der Waals surface area contributed by atoms with Crippen LogP contribution >= 0.6 is 0 Å². The molecule has 0 aliphatic carbocycles. The third-order valence-electron chi connectivity index (χ3n) is 3.15. The highest BCUT2D eigenvalue weighted by Gasteiger charge is 2.15. The summed E-state index contributed by atoms with van der Waals surface area (Å²) in [6.45, 7) is 2.46. The molecule has 0 bridgehead atoms. The summed E-state index contributed by atoms with van der Waals surface area (Å²) in [7, 11) is 0.357. The van der Waals surface area contributed by atoms with Gasteiger partial charge in [0.15, 0.2) is 9.84 Å². The molecular formula is C14H24N2O3S. The average molecular weight is 300 g/mol. The summed E-state index contributed by atoms with van der Waals surface area (Å²) in [6.07, 6.45) is 0.901. The van der Waals surface area contributed by atoms with Crippen LogP contribution in [-0.4, -0.2) is 52.9 Å². The first-order chi connectivity index (χ1) is 9.49. The van der Waals surface area contributed by atoms with Crippen molar-refractivity contribution >= 4 is 9.84 Å². The lowest BCUT2D eigenvalue weighted by Gasteiger charge is -2.16. The summed E-state index contributed by atoms with van der Waals surface area (Å²) in [5, 5.41) is 0. The van der Waals surface area contributed by atoms with Crippen LogP contribution in [-0.2, 0) is 21.1 Å². The molecule has 0 fully saturated rings. The minimum atomic E-state index is -3.22. The van der Waals surface area contributed by atoms with Crippen molar-refractivity contribution in [3.63, 3.8) is 0 Å². The molecule has 5 nitrogen and oxygen atoms in total. The van der Waals surface area contributed by atoms with E-state index < -0.39 is 9.84 Å². The molecule has 1 aromatic rings. The highest BCUT2D eigenvalue weighted by atomic mass is 32.2. The van der Waals surface area contributed by atoms with Gasteiger partial charge in [-0.1, -0.05) is 12.1 Å². The zero-order valence-corrected chi connectivity index (χ0v) is 13.0. The average Bonchev–Trinajstić information content (AvgIpc) is 2.45. The van der Waals surface area contributed by atoms with Crippen molar-refractivity contribution in [2.24, 2.45) is 5.73 Å². The first-order valence-electron chi connectivity index (χ1n) is 6.69. The quantitative estimate of drug-likeness (QED) is 0.686. The molecule has 0 spiro atoms. The van der Waals surface area contributed by atoms with Gasteiger partial charge in [0.2, 0.25) is 0 Å². The lowest BCUT2D eigenvalue weighted by Crippen LogP contribution is -2.27. The van der Waals surface area contributed by atoms with Crippen molar-refractivity contribution in [1.82, 2.24) is 4.90 Å².